The maximum Gasteiger partial charge on any atom is 0.333 e. The molecule has 0 amide bonds. The van der Waals surface area contributed by atoms with E-state index in [-0.39, 0.29) is 23.5 Å². The Hall–Kier alpha value is -2.98. The molecular weight excluding hydrogens is 439 g/mol. The zero-order valence-corrected chi connectivity index (χ0v) is 17.8. The molecule has 5 rings (SSSR count). The molecule has 1 unspecified atom stereocenters. The summed E-state index contributed by atoms with van der Waals surface area (Å²) in [5.41, 5.74) is 0.402. The Bertz CT molecular complexity index is 1060. The highest BCUT2D eigenvalue weighted by Gasteiger charge is 2.41. The molecular formula is C23H24F3N3O4. The van der Waals surface area contributed by atoms with E-state index in [1.54, 1.807) is 0 Å². The van der Waals surface area contributed by atoms with E-state index < -0.39 is 35.4 Å². The van der Waals surface area contributed by atoms with Gasteiger partial charge in [0.05, 0.1) is 24.5 Å². The summed E-state index contributed by atoms with van der Waals surface area (Å²) in [6.45, 7) is 2.26. The van der Waals surface area contributed by atoms with Crippen LogP contribution in [-0.4, -0.2) is 54.2 Å². The summed E-state index contributed by atoms with van der Waals surface area (Å²) in [5.74, 6) is -3.69. The molecule has 33 heavy (non-hydrogen) atoms. The molecule has 0 aromatic heterocycles. The van der Waals surface area contributed by atoms with Crippen molar-refractivity contribution in [3.8, 4) is 0 Å². The average Bonchev–Trinajstić information content (AvgIpc) is 2.79. The van der Waals surface area contributed by atoms with Crippen molar-refractivity contribution in [1.29, 1.82) is 0 Å². The van der Waals surface area contributed by atoms with Crippen LogP contribution >= 0.6 is 0 Å². The van der Waals surface area contributed by atoms with E-state index in [0.29, 0.717) is 44.7 Å². The first-order valence-corrected chi connectivity index (χ1v) is 10.9. The SMILES string of the molecule is O=C(O)C1=CN(c2ccc(F)cc2F)C2NC(N3CCC4(CC3)OCCCO4)=C(F)C=C2C1. The van der Waals surface area contributed by atoms with E-state index >= 15 is 4.39 Å². The highest BCUT2D eigenvalue weighted by molar-refractivity contribution is 5.88. The van der Waals surface area contributed by atoms with Gasteiger partial charge in [-0.05, 0) is 30.2 Å². The maximum atomic E-state index is 15.2. The number of dihydropyridines is 1. The van der Waals surface area contributed by atoms with Gasteiger partial charge in [0.25, 0.3) is 0 Å². The lowest BCUT2D eigenvalue weighted by Gasteiger charge is -2.47. The van der Waals surface area contributed by atoms with Crippen molar-refractivity contribution < 1.29 is 32.5 Å². The number of hydrogen-bond acceptors (Lipinski definition) is 6. The smallest absolute Gasteiger partial charge is 0.333 e. The molecule has 0 saturated carbocycles. The van der Waals surface area contributed by atoms with Gasteiger partial charge in [-0.1, -0.05) is 0 Å². The Labute approximate surface area is 188 Å². The molecule has 176 valence electrons. The minimum absolute atomic E-state index is 0.00218. The molecule has 10 heteroatoms. The van der Waals surface area contributed by atoms with Gasteiger partial charge in [0.2, 0.25) is 0 Å². The summed E-state index contributed by atoms with van der Waals surface area (Å²) in [6.07, 6.45) is 3.89. The standard InChI is InChI=1S/C23H24F3N3O4/c24-16-2-3-19(17(25)12-16)29-13-15(22(30)31)10-14-11-18(26)21(27-20(14)29)28-6-4-23(5-7-28)32-8-1-9-33-23/h2-3,11-13,20,27H,1,4-10H2,(H,30,31). The molecule has 0 aliphatic carbocycles. The van der Waals surface area contributed by atoms with Gasteiger partial charge in [0, 0.05) is 44.6 Å². The van der Waals surface area contributed by atoms with Crippen LogP contribution in [0.1, 0.15) is 25.7 Å². The third-order valence-corrected chi connectivity index (χ3v) is 6.45. The Morgan fingerprint density at radius 3 is 2.55 bits per heavy atom. The minimum atomic E-state index is -1.19. The van der Waals surface area contributed by atoms with Crippen molar-refractivity contribution in [2.24, 2.45) is 0 Å². The molecule has 2 saturated heterocycles. The molecule has 1 aromatic rings. The number of carboxylic acids is 1. The molecule has 1 atom stereocenters. The van der Waals surface area contributed by atoms with Crippen LogP contribution in [0.15, 0.2) is 53.3 Å². The van der Waals surface area contributed by atoms with Crippen LogP contribution in [0, 0.1) is 11.6 Å². The number of halogens is 3. The summed E-state index contributed by atoms with van der Waals surface area (Å²) in [7, 11) is 0. The third kappa shape index (κ3) is 4.08. The van der Waals surface area contributed by atoms with Crippen molar-refractivity contribution in [2.75, 3.05) is 31.2 Å². The number of anilines is 1. The van der Waals surface area contributed by atoms with E-state index in [4.69, 9.17) is 9.47 Å². The van der Waals surface area contributed by atoms with Gasteiger partial charge < -0.3 is 29.7 Å². The summed E-state index contributed by atoms with van der Waals surface area (Å²) in [5, 5.41) is 12.6. The van der Waals surface area contributed by atoms with E-state index in [0.717, 1.165) is 18.6 Å². The van der Waals surface area contributed by atoms with Crippen LogP contribution in [0.25, 0.3) is 0 Å². The number of piperidine rings is 1. The Morgan fingerprint density at radius 1 is 1.15 bits per heavy atom. The molecule has 4 heterocycles. The second-order valence-corrected chi connectivity index (χ2v) is 8.55. The molecule has 0 radical (unpaired) electrons. The lowest BCUT2D eigenvalue weighted by Crippen LogP contribution is -2.55. The van der Waals surface area contributed by atoms with Crippen LogP contribution < -0.4 is 10.2 Å². The number of carboxylic acid groups (broad SMARTS) is 1. The first kappa shape index (κ1) is 21.8. The predicted octanol–water partition coefficient (Wildman–Crippen LogP) is 3.37. The van der Waals surface area contributed by atoms with Gasteiger partial charge in [-0.3, -0.25) is 0 Å². The summed E-state index contributed by atoms with van der Waals surface area (Å²) < 4.78 is 55.0. The molecule has 2 N–H and O–H groups in total. The zero-order valence-electron chi connectivity index (χ0n) is 17.8. The number of hydrogen-bond donors (Lipinski definition) is 2. The third-order valence-electron chi connectivity index (χ3n) is 6.45. The molecule has 1 spiro atoms. The second kappa shape index (κ2) is 8.42. The Kier molecular flexibility index (Phi) is 5.57. The average molecular weight is 463 g/mol. The van der Waals surface area contributed by atoms with Gasteiger partial charge in [-0.15, -0.1) is 0 Å². The van der Waals surface area contributed by atoms with Crippen LogP contribution in [0.4, 0.5) is 18.9 Å². The topological polar surface area (TPSA) is 74.3 Å². The number of rotatable bonds is 3. The van der Waals surface area contributed by atoms with Gasteiger partial charge >= 0.3 is 5.97 Å². The van der Waals surface area contributed by atoms with Gasteiger partial charge in [-0.2, -0.15) is 0 Å². The van der Waals surface area contributed by atoms with E-state index in [9.17, 15) is 18.7 Å². The van der Waals surface area contributed by atoms with Crippen molar-refractivity contribution >= 4 is 11.7 Å². The fourth-order valence-corrected chi connectivity index (χ4v) is 4.75. The number of likely N-dealkylation sites (tertiary alicyclic amines) is 1. The van der Waals surface area contributed by atoms with Crippen LogP contribution in [0.2, 0.25) is 0 Å². The minimum Gasteiger partial charge on any atom is -0.478 e. The number of nitrogens with zero attached hydrogens (tertiary/aromatic N) is 2. The fraction of sp³-hybridized carbons (Fsp3) is 0.435. The van der Waals surface area contributed by atoms with Crippen molar-refractivity contribution in [3.05, 3.63) is 64.9 Å². The van der Waals surface area contributed by atoms with Crippen LogP contribution in [-0.2, 0) is 14.3 Å². The number of ether oxygens (including phenoxy) is 2. The number of allylic oxidation sites excluding steroid dienone is 2. The predicted molar refractivity (Wildman–Crippen MR) is 112 cm³/mol. The first-order chi connectivity index (χ1) is 15.8. The highest BCUT2D eigenvalue weighted by atomic mass is 19.1. The van der Waals surface area contributed by atoms with Gasteiger partial charge in [-0.25, -0.2) is 18.0 Å². The van der Waals surface area contributed by atoms with E-state index in [1.165, 1.54) is 23.2 Å². The second-order valence-electron chi connectivity index (χ2n) is 8.55. The fourth-order valence-electron chi connectivity index (χ4n) is 4.75. The molecule has 4 aliphatic rings. The van der Waals surface area contributed by atoms with Crippen LogP contribution in [0.5, 0.6) is 0 Å². The van der Waals surface area contributed by atoms with Gasteiger partial charge in [0.1, 0.15) is 23.6 Å². The van der Waals surface area contributed by atoms with E-state index in [2.05, 4.69) is 5.32 Å². The van der Waals surface area contributed by atoms with Crippen molar-refractivity contribution in [2.45, 2.75) is 37.6 Å². The normalized spacial score (nSPS) is 24.8. The van der Waals surface area contributed by atoms with E-state index in [1.807, 2.05) is 4.90 Å². The summed E-state index contributed by atoms with van der Waals surface area (Å²) in [4.78, 5) is 14.9. The lowest BCUT2D eigenvalue weighted by atomic mass is 9.95. The number of aliphatic carboxylic acids is 1. The molecule has 4 aliphatic heterocycles. The number of benzene rings is 1. The first-order valence-electron chi connectivity index (χ1n) is 10.9. The maximum absolute atomic E-state index is 15.2. The van der Waals surface area contributed by atoms with Crippen molar-refractivity contribution in [3.63, 3.8) is 0 Å². The van der Waals surface area contributed by atoms with Crippen LogP contribution in [0.3, 0.4) is 0 Å². The zero-order chi connectivity index (χ0) is 23.2. The van der Waals surface area contributed by atoms with Crippen molar-refractivity contribution in [1.82, 2.24) is 10.2 Å². The quantitative estimate of drug-likeness (QED) is 0.712. The monoisotopic (exact) mass is 463 g/mol. The molecule has 1 aromatic carbocycles. The Morgan fingerprint density at radius 2 is 1.88 bits per heavy atom. The molecule has 7 nitrogen and oxygen atoms in total. The summed E-state index contributed by atoms with van der Waals surface area (Å²) in [6, 6.07) is 3.07. The number of carbonyl (C=O) groups is 1. The number of fused-ring (bicyclic) bond motifs is 1. The number of nitrogens with one attached hydrogen (secondary N) is 1. The molecule has 0 bridgehead atoms. The highest BCUT2D eigenvalue weighted by Crippen LogP contribution is 2.37. The molecule has 2 fully saturated rings. The lowest BCUT2D eigenvalue weighted by molar-refractivity contribution is -0.282. The van der Waals surface area contributed by atoms with Gasteiger partial charge in [0.15, 0.2) is 11.6 Å². The summed E-state index contributed by atoms with van der Waals surface area (Å²) >= 11 is 0. The Balaban J connectivity index is 1.43. The largest absolute Gasteiger partial charge is 0.478 e.